The summed E-state index contributed by atoms with van der Waals surface area (Å²) in [5.41, 5.74) is 2.06. The molecule has 0 radical (unpaired) electrons. The summed E-state index contributed by atoms with van der Waals surface area (Å²) in [7, 11) is 0. The van der Waals surface area contributed by atoms with Gasteiger partial charge in [0.05, 0.1) is 11.0 Å². The molecule has 1 aromatic carbocycles. The van der Waals surface area contributed by atoms with E-state index in [1.54, 1.807) is 4.52 Å². The quantitative estimate of drug-likeness (QED) is 0.686. The van der Waals surface area contributed by atoms with Crippen LogP contribution in [0.4, 0.5) is 5.82 Å². The fourth-order valence-electron chi connectivity index (χ4n) is 2.93. The average Bonchev–Trinajstić information content (AvgIpc) is 3.53. The molecule has 0 bridgehead atoms. The van der Waals surface area contributed by atoms with Gasteiger partial charge in [-0.05, 0) is 50.0 Å². The molecule has 0 saturated heterocycles. The number of carbonyl (C=O) groups is 2. The smallest absolute Gasteiger partial charge is 0.229 e. The number of benzene rings is 1. The van der Waals surface area contributed by atoms with Crippen LogP contribution < -0.4 is 10.6 Å². The molecule has 0 unspecified atom stereocenters. The molecule has 2 fully saturated rings. The molecule has 26 heavy (non-hydrogen) atoms. The minimum Gasteiger partial charge on any atom is -0.306 e. The van der Waals surface area contributed by atoms with Gasteiger partial charge in [0.15, 0.2) is 5.65 Å². The molecule has 3 aromatic rings. The van der Waals surface area contributed by atoms with Crippen molar-refractivity contribution in [1.82, 2.24) is 24.7 Å². The van der Waals surface area contributed by atoms with Gasteiger partial charge < -0.3 is 5.32 Å². The van der Waals surface area contributed by atoms with E-state index >= 15 is 0 Å². The minimum atomic E-state index is -0.0911. The maximum absolute atomic E-state index is 12.2. The Balaban J connectivity index is 1.59. The van der Waals surface area contributed by atoms with Gasteiger partial charge in [0, 0.05) is 11.8 Å². The van der Waals surface area contributed by atoms with E-state index < -0.39 is 0 Å². The number of carbonyl (C=O) groups excluding carboxylic acids is 2. The van der Waals surface area contributed by atoms with Crippen LogP contribution in [-0.4, -0.2) is 36.3 Å². The lowest BCUT2D eigenvalue weighted by molar-refractivity contribution is -0.121. The van der Waals surface area contributed by atoms with E-state index in [2.05, 4.69) is 20.7 Å². The van der Waals surface area contributed by atoms with Gasteiger partial charge in [-0.2, -0.15) is 0 Å². The molecule has 2 aliphatic carbocycles. The molecule has 2 aromatic heterocycles. The molecule has 2 aliphatic rings. The number of nitrogens with zero attached hydrogens (tertiary/aromatic N) is 4. The lowest BCUT2D eigenvalue weighted by atomic mass is 10.3. The SMILES string of the molecule is O=C(NC(=S)n1nc(NC(=O)C2CC2)c2nc3ccccc3n21)C1CC1. The number of fused-ring (bicyclic) bond motifs is 3. The highest BCUT2D eigenvalue weighted by Crippen LogP contribution is 2.31. The molecule has 5 rings (SSSR count). The zero-order chi connectivity index (χ0) is 17.8. The van der Waals surface area contributed by atoms with Gasteiger partial charge in [0.1, 0.15) is 0 Å². The topological polar surface area (TPSA) is 93.3 Å². The molecule has 2 amide bonds. The van der Waals surface area contributed by atoms with E-state index in [9.17, 15) is 9.59 Å². The van der Waals surface area contributed by atoms with Crippen LogP contribution in [0.5, 0.6) is 0 Å². The molecule has 132 valence electrons. The van der Waals surface area contributed by atoms with E-state index in [0.29, 0.717) is 11.5 Å². The molecule has 9 heteroatoms. The van der Waals surface area contributed by atoms with Gasteiger partial charge in [0.2, 0.25) is 22.7 Å². The van der Waals surface area contributed by atoms with Crippen molar-refractivity contribution < 1.29 is 9.59 Å². The summed E-state index contributed by atoms with van der Waals surface area (Å²) in [5.74, 6) is 0.281. The monoisotopic (exact) mass is 368 g/mol. The van der Waals surface area contributed by atoms with Gasteiger partial charge in [0.25, 0.3) is 0 Å². The zero-order valence-electron chi connectivity index (χ0n) is 13.8. The lowest BCUT2D eigenvalue weighted by Crippen LogP contribution is -2.37. The van der Waals surface area contributed by atoms with Crippen LogP contribution in [0.2, 0.25) is 0 Å². The van der Waals surface area contributed by atoms with Crippen LogP contribution in [-0.2, 0) is 9.59 Å². The van der Waals surface area contributed by atoms with Crippen molar-refractivity contribution in [3.63, 3.8) is 0 Å². The largest absolute Gasteiger partial charge is 0.306 e. The molecule has 2 saturated carbocycles. The van der Waals surface area contributed by atoms with Crippen LogP contribution in [0.3, 0.4) is 0 Å². The summed E-state index contributed by atoms with van der Waals surface area (Å²) in [6.45, 7) is 0. The molecule has 2 heterocycles. The second kappa shape index (κ2) is 5.60. The van der Waals surface area contributed by atoms with E-state index in [4.69, 9.17) is 12.2 Å². The third-order valence-electron chi connectivity index (χ3n) is 4.68. The highest BCUT2D eigenvalue weighted by Gasteiger charge is 2.32. The van der Waals surface area contributed by atoms with Crippen molar-refractivity contribution in [1.29, 1.82) is 0 Å². The summed E-state index contributed by atoms with van der Waals surface area (Å²) in [4.78, 5) is 30.3. The fraction of sp³-hybridized carbons (Fsp3) is 0.353. The number of thiocarbonyl (C=S) groups is 1. The fourth-order valence-corrected chi connectivity index (χ4v) is 3.15. The lowest BCUT2D eigenvalue weighted by Gasteiger charge is -2.07. The Morgan fingerprint density at radius 2 is 1.77 bits per heavy atom. The summed E-state index contributed by atoms with van der Waals surface area (Å²) in [6, 6.07) is 7.56. The average molecular weight is 368 g/mol. The molecule has 2 N–H and O–H groups in total. The second-order valence-electron chi connectivity index (χ2n) is 6.81. The number of rotatable bonds is 3. The van der Waals surface area contributed by atoms with Crippen LogP contribution in [0, 0.1) is 11.8 Å². The summed E-state index contributed by atoms with van der Waals surface area (Å²) in [5, 5.41) is 10.2. The van der Waals surface area contributed by atoms with Crippen LogP contribution >= 0.6 is 12.2 Å². The van der Waals surface area contributed by atoms with Crippen molar-refractivity contribution in [2.24, 2.45) is 11.8 Å². The standard InChI is InChI=1S/C17H16N6O2S/c24-15(9-5-6-9)19-13-14-18-11-3-1-2-4-12(11)22(14)23(21-13)17(26)20-16(25)10-7-8-10/h1-4,9-10H,5-8H2,(H,19,21,24)(H,20,25,26). The van der Waals surface area contributed by atoms with E-state index in [1.807, 2.05) is 24.3 Å². The van der Waals surface area contributed by atoms with E-state index in [0.717, 1.165) is 36.7 Å². The van der Waals surface area contributed by atoms with Gasteiger partial charge in [-0.25, -0.2) is 9.50 Å². The maximum atomic E-state index is 12.2. The highest BCUT2D eigenvalue weighted by molar-refractivity contribution is 7.80. The molecular weight excluding hydrogens is 352 g/mol. The number of hydrogen-bond donors (Lipinski definition) is 2. The first-order valence-electron chi connectivity index (χ1n) is 8.64. The first kappa shape index (κ1) is 15.4. The normalized spacial score (nSPS) is 16.8. The van der Waals surface area contributed by atoms with Crippen LogP contribution in [0.25, 0.3) is 16.7 Å². The number of anilines is 1. The summed E-state index contributed by atoms with van der Waals surface area (Å²) < 4.78 is 1.72. The third-order valence-corrected chi connectivity index (χ3v) is 4.95. The van der Waals surface area contributed by atoms with Crippen LogP contribution in [0.15, 0.2) is 24.3 Å². The Bertz CT molecular complexity index is 1080. The van der Waals surface area contributed by atoms with Crippen molar-refractivity contribution in [3.05, 3.63) is 24.3 Å². The highest BCUT2D eigenvalue weighted by atomic mass is 32.1. The van der Waals surface area contributed by atoms with Gasteiger partial charge >= 0.3 is 0 Å². The second-order valence-corrected chi connectivity index (χ2v) is 7.19. The number of nitrogens with one attached hydrogen (secondary N) is 2. The predicted octanol–water partition coefficient (Wildman–Crippen LogP) is 1.69. The summed E-state index contributed by atoms with van der Waals surface area (Å²) in [6.07, 6.45) is 3.57. The molecule has 8 nitrogen and oxygen atoms in total. The minimum absolute atomic E-state index is 0.0348. The number of hydrogen-bond acceptors (Lipinski definition) is 5. The number of para-hydroxylation sites is 2. The Kier molecular flexibility index (Phi) is 3.33. The predicted molar refractivity (Wildman–Crippen MR) is 98.7 cm³/mol. The van der Waals surface area contributed by atoms with Crippen molar-refractivity contribution >= 4 is 51.6 Å². The first-order chi connectivity index (χ1) is 12.6. The van der Waals surface area contributed by atoms with Crippen LogP contribution in [0.1, 0.15) is 25.7 Å². The van der Waals surface area contributed by atoms with E-state index in [-0.39, 0.29) is 28.8 Å². The van der Waals surface area contributed by atoms with Gasteiger partial charge in [-0.1, -0.05) is 12.1 Å². The van der Waals surface area contributed by atoms with Crippen molar-refractivity contribution in [3.8, 4) is 0 Å². The van der Waals surface area contributed by atoms with E-state index in [1.165, 1.54) is 4.80 Å². The summed E-state index contributed by atoms with van der Waals surface area (Å²) >= 11 is 5.40. The maximum Gasteiger partial charge on any atom is 0.229 e. The molecule has 0 aliphatic heterocycles. The number of amides is 2. The van der Waals surface area contributed by atoms with Gasteiger partial charge in [-0.15, -0.1) is 9.90 Å². The van der Waals surface area contributed by atoms with Crippen molar-refractivity contribution in [2.45, 2.75) is 25.7 Å². The number of imidazole rings is 1. The number of aromatic nitrogens is 4. The third kappa shape index (κ3) is 2.55. The first-order valence-corrected chi connectivity index (χ1v) is 9.05. The zero-order valence-corrected chi connectivity index (χ0v) is 14.6. The van der Waals surface area contributed by atoms with Crippen molar-refractivity contribution in [2.75, 3.05) is 5.32 Å². The Morgan fingerprint density at radius 3 is 2.50 bits per heavy atom. The Hall–Kier alpha value is -2.81. The Labute approximate surface area is 153 Å². The molecule has 0 spiro atoms. The van der Waals surface area contributed by atoms with Gasteiger partial charge in [-0.3, -0.25) is 14.9 Å². The Morgan fingerprint density at radius 1 is 1.08 bits per heavy atom. The molecule has 0 atom stereocenters. The molecular formula is C17H16N6O2S.